The summed E-state index contributed by atoms with van der Waals surface area (Å²) >= 11 is 7.42. The first-order valence-corrected chi connectivity index (χ1v) is 13.4. The van der Waals surface area contributed by atoms with Crippen LogP contribution in [-0.2, 0) is 9.53 Å². The lowest BCUT2D eigenvalue weighted by Crippen LogP contribution is -2.40. The molecule has 1 aromatic heterocycles. The summed E-state index contributed by atoms with van der Waals surface area (Å²) in [7, 11) is 3.15. The van der Waals surface area contributed by atoms with Crippen molar-refractivity contribution in [3.63, 3.8) is 0 Å². The maximum absolute atomic E-state index is 14.0. The number of fused-ring (bicyclic) bond motifs is 1. The van der Waals surface area contributed by atoms with E-state index in [4.69, 9.17) is 30.8 Å². The average molecular weight is 561 g/mol. The first-order chi connectivity index (χ1) is 18.9. The van der Waals surface area contributed by atoms with Gasteiger partial charge in [0, 0.05) is 16.1 Å². The van der Waals surface area contributed by atoms with Crippen LogP contribution in [0.3, 0.4) is 0 Å². The van der Waals surface area contributed by atoms with E-state index in [1.807, 2.05) is 42.5 Å². The van der Waals surface area contributed by atoms with Crippen molar-refractivity contribution < 1.29 is 19.0 Å². The van der Waals surface area contributed by atoms with E-state index in [9.17, 15) is 9.59 Å². The van der Waals surface area contributed by atoms with Crippen molar-refractivity contribution >= 4 is 40.7 Å². The fourth-order valence-corrected chi connectivity index (χ4v) is 5.61. The van der Waals surface area contributed by atoms with Crippen molar-refractivity contribution in [3.8, 4) is 11.5 Å². The highest BCUT2D eigenvalue weighted by molar-refractivity contribution is 7.07. The molecule has 1 aliphatic rings. The minimum Gasteiger partial charge on any atom is -0.497 e. The van der Waals surface area contributed by atoms with Gasteiger partial charge < -0.3 is 14.2 Å². The molecule has 0 saturated heterocycles. The summed E-state index contributed by atoms with van der Waals surface area (Å²) in [5.74, 6) is 0.682. The average Bonchev–Trinajstić information content (AvgIpc) is 3.27. The Morgan fingerprint density at radius 1 is 1.05 bits per heavy atom. The van der Waals surface area contributed by atoms with Gasteiger partial charge in [-0.2, -0.15) is 0 Å². The molecular weight excluding hydrogens is 536 g/mol. The number of halogens is 1. The van der Waals surface area contributed by atoms with Gasteiger partial charge in [0.1, 0.15) is 11.5 Å². The molecule has 5 rings (SSSR count). The standard InChI is InChI=1S/C30H25ClN2O5S/c1-4-38-29(35)25-26(18-8-6-5-7-9-18)32-30-33(27(25)19-10-12-21(31)13-11-19)28(34)24(39-30)17-20-16-22(36-2)14-15-23(20)37-3/h5-17,27H,4H2,1-3H3/b24-17-/t27-/m0/s1. The third-order valence-corrected chi connectivity index (χ3v) is 7.52. The largest absolute Gasteiger partial charge is 0.497 e. The topological polar surface area (TPSA) is 79.1 Å². The molecule has 7 nitrogen and oxygen atoms in total. The molecule has 0 spiro atoms. The van der Waals surface area contributed by atoms with Crippen LogP contribution in [0.4, 0.5) is 0 Å². The van der Waals surface area contributed by atoms with Crippen LogP contribution in [-0.4, -0.2) is 31.4 Å². The lowest BCUT2D eigenvalue weighted by atomic mass is 9.93. The minimum absolute atomic E-state index is 0.178. The molecular formula is C30H25ClN2O5S. The van der Waals surface area contributed by atoms with Gasteiger partial charge in [0.25, 0.3) is 5.56 Å². The molecule has 1 atom stereocenters. The van der Waals surface area contributed by atoms with E-state index in [0.29, 0.717) is 42.7 Å². The number of hydrogen-bond acceptors (Lipinski definition) is 7. The second-order valence-electron chi connectivity index (χ2n) is 8.59. The number of carbonyl (C=O) groups excluding carboxylic acids is 1. The Morgan fingerprint density at radius 2 is 1.79 bits per heavy atom. The van der Waals surface area contributed by atoms with Crippen molar-refractivity contribution in [3.05, 3.63) is 120 Å². The second kappa shape index (κ2) is 11.3. The Bertz CT molecular complexity index is 1740. The van der Waals surface area contributed by atoms with Crippen LogP contribution < -0.4 is 24.4 Å². The molecule has 0 unspecified atom stereocenters. The van der Waals surface area contributed by atoms with Crippen LogP contribution in [0.15, 0.2) is 88.2 Å². The summed E-state index contributed by atoms with van der Waals surface area (Å²) in [6.45, 7) is 1.92. The molecule has 1 aliphatic heterocycles. The third kappa shape index (κ3) is 5.13. The number of esters is 1. The van der Waals surface area contributed by atoms with Crippen molar-refractivity contribution in [2.45, 2.75) is 13.0 Å². The van der Waals surface area contributed by atoms with E-state index in [2.05, 4.69) is 0 Å². The summed E-state index contributed by atoms with van der Waals surface area (Å²) in [5, 5.41) is 0.543. The van der Waals surface area contributed by atoms with Gasteiger partial charge in [-0.3, -0.25) is 9.36 Å². The number of methoxy groups -OCH3 is 2. The zero-order valence-corrected chi connectivity index (χ0v) is 23.1. The maximum Gasteiger partial charge on any atom is 0.338 e. The fourth-order valence-electron chi connectivity index (χ4n) is 4.49. The number of carbonyl (C=O) groups is 1. The third-order valence-electron chi connectivity index (χ3n) is 6.28. The number of nitrogens with zero attached hydrogens (tertiary/aromatic N) is 2. The lowest BCUT2D eigenvalue weighted by molar-refractivity contribution is -0.138. The molecule has 0 bridgehead atoms. The van der Waals surface area contributed by atoms with Crippen LogP contribution in [0.25, 0.3) is 11.8 Å². The Morgan fingerprint density at radius 3 is 2.46 bits per heavy atom. The number of benzene rings is 3. The normalized spacial score (nSPS) is 15.0. The van der Waals surface area contributed by atoms with Crippen molar-refractivity contribution in [2.75, 3.05) is 20.8 Å². The monoisotopic (exact) mass is 560 g/mol. The smallest absolute Gasteiger partial charge is 0.338 e. The number of rotatable bonds is 7. The molecule has 0 aliphatic carbocycles. The van der Waals surface area contributed by atoms with Crippen LogP contribution in [0.1, 0.15) is 29.7 Å². The van der Waals surface area contributed by atoms with E-state index >= 15 is 0 Å². The summed E-state index contributed by atoms with van der Waals surface area (Å²) in [4.78, 5) is 32.8. The molecule has 0 saturated carbocycles. The summed E-state index contributed by atoms with van der Waals surface area (Å²) in [5.41, 5.74) is 2.57. The van der Waals surface area contributed by atoms with Gasteiger partial charge in [0.2, 0.25) is 0 Å². The van der Waals surface area contributed by atoms with E-state index in [-0.39, 0.29) is 17.7 Å². The highest BCUT2D eigenvalue weighted by Crippen LogP contribution is 2.35. The van der Waals surface area contributed by atoms with Crippen molar-refractivity contribution in [1.82, 2.24) is 4.57 Å². The number of thiazole rings is 1. The van der Waals surface area contributed by atoms with Crippen LogP contribution in [0, 0.1) is 0 Å². The van der Waals surface area contributed by atoms with E-state index in [1.54, 1.807) is 62.1 Å². The van der Waals surface area contributed by atoms with E-state index < -0.39 is 12.0 Å². The van der Waals surface area contributed by atoms with E-state index in [0.717, 1.165) is 5.56 Å². The zero-order valence-electron chi connectivity index (χ0n) is 21.5. The molecule has 39 heavy (non-hydrogen) atoms. The predicted octanol–water partition coefficient (Wildman–Crippen LogP) is 4.61. The van der Waals surface area contributed by atoms with Crippen LogP contribution in [0.2, 0.25) is 5.02 Å². The molecule has 0 fully saturated rings. The molecule has 0 amide bonds. The Hall–Kier alpha value is -4.14. The van der Waals surface area contributed by atoms with Gasteiger partial charge in [-0.1, -0.05) is 65.4 Å². The predicted molar refractivity (Wildman–Crippen MR) is 152 cm³/mol. The second-order valence-corrected chi connectivity index (χ2v) is 10.0. The summed E-state index contributed by atoms with van der Waals surface area (Å²) in [6, 6.07) is 21.1. The summed E-state index contributed by atoms with van der Waals surface area (Å²) in [6.07, 6.45) is 1.75. The Kier molecular flexibility index (Phi) is 7.67. The quantitative estimate of drug-likeness (QED) is 0.309. The molecule has 9 heteroatoms. The Balaban J connectivity index is 1.83. The van der Waals surface area contributed by atoms with Gasteiger partial charge >= 0.3 is 5.97 Å². The van der Waals surface area contributed by atoms with Crippen molar-refractivity contribution in [2.24, 2.45) is 4.99 Å². The summed E-state index contributed by atoms with van der Waals surface area (Å²) < 4.78 is 18.3. The molecule has 0 radical (unpaired) electrons. The first kappa shape index (κ1) is 26.5. The van der Waals surface area contributed by atoms with Gasteiger partial charge in [-0.25, -0.2) is 9.79 Å². The van der Waals surface area contributed by atoms with E-state index in [1.165, 1.54) is 11.3 Å². The lowest BCUT2D eigenvalue weighted by Gasteiger charge is -2.25. The van der Waals surface area contributed by atoms with Gasteiger partial charge in [-0.05, 0) is 48.9 Å². The number of aromatic nitrogens is 1. The highest BCUT2D eigenvalue weighted by atomic mass is 35.5. The zero-order chi connectivity index (χ0) is 27.5. The van der Waals surface area contributed by atoms with Crippen molar-refractivity contribution in [1.29, 1.82) is 0 Å². The molecule has 3 aromatic carbocycles. The van der Waals surface area contributed by atoms with Gasteiger partial charge in [-0.15, -0.1) is 0 Å². The molecule has 4 aromatic rings. The fraction of sp³-hybridized carbons (Fsp3) is 0.167. The SMILES string of the molecule is CCOC(=O)C1=C(c2ccccc2)N=c2s/c(=C\c3cc(OC)ccc3OC)c(=O)n2[C@H]1c1ccc(Cl)cc1. The highest BCUT2D eigenvalue weighted by Gasteiger charge is 2.35. The molecule has 0 N–H and O–H groups in total. The number of ether oxygens (including phenoxy) is 3. The van der Waals surface area contributed by atoms with Crippen LogP contribution in [0.5, 0.6) is 11.5 Å². The van der Waals surface area contributed by atoms with Gasteiger partial charge in [0.05, 0.1) is 42.7 Å². The first-order valence-electron chi connectivity index (χ1n) is 12.2. The molecule has 198 valence electrons. The Labute approximate surface area is 233 Å². The van der Waals surface area contributed by atoms with Gasteiger partial charge in [0.15, 0.2) is 4.80 Å². The minimum atomic E-state index is -0.776. The molecule has 2 heterocycles. The van der Waals surface area contributed by atoms with Crippen LogP contribution >= 0.6 is 22.9 Å². The maximum atomic E-state index is 14.0. The number of hydrogen-bond donors (Lipinski definition) is 0.